The van der Waals surface area contributed by atoms with E-state index in [1.807, 2.05) is 0 Å². The molecule has 0 saturated heterocycles. The van der Waals surface area contributed by atoms with Crippen LogP contribution in [0.4, 0.5) is 11.4 Å². The van der Waals surface area contributed by atoms with Crippen LogP contribution in [0.1, 0.15) is 0 Å². The molecule has 182 valence electrons. The van der Waals surface area contributed by atoms with Crippen LogP contribution >= 0.6 is 0 Å². The van der Waals surface area contributed by atoms with Crippen molar-refractivity contribution >= 4 is 11.4 Å². The summed E-state index contributed by atoms with van der Waals surface area (Å²) < 4.78 is 0. The maximum absolute atomic E-state index is 2.32. The average molecular weight is 488 g/mol. The van der Waals surface area contributed by atoms with Crippen molar-refractivity contribution in [2.24, 2.45) is 0 Å². The molecule has 0 radical (unpaired) electrons. The zero-order valence-electron chi connectivity index (χ0n) is 21.5. The maximum atomic E-state index is 2.32. The van der Waals surface area contributed by atoms with Crippen molar-refractivity contribution in [1.29, 1.82) is 0 Å². The number of anilines is 2. The second kappa shape index (κ2) is 10.6. The summed E-state index contributed by atoms with van der Waals surface area (Å²) in [5, 5.41) is 0. The van der Waals surface area contributed by atoms with Gasteiger partial charge in [-0.1, -0.05) is 140 Å². The van der Waals surface area contributed by atoms with Crippen LogP contribution in [-0.4, -0.2) is 7.05 Å². The highest BCUT2D eigenvalue weighted by Crippen LogP contribution is 2.39. The molecule has 0 amide bonds. The molecular formula is C37H29N. The van der Waals surface area contributed by atoms with E-state index >= 15 is 0 Å². The monoisotopic (exact) mass is 487 g/mol. The third-order valence-corrected chi connectivity index (χ3v) is 7.13. The van der Waals surface area contributed by atoms with E-state index in [-0.39, 0.29) is 0 Å². The van der Waals surface area contributed by atoms with Crippen LogP contribution in [0.5, 0.6) is 0 Å². The summed E-state index contributed by atoms with van der Waals surface area (Å²) in [4.78, 5) is 2.29. The van der Waals surface area contributed by atoms with Crippen LogP contribution < -0.4 is 4.90 Å². The third-order valence-electron chi connectivity index (χ3n) is 7.13. The second-order valence-electron chi connectivity index (χ2n) is 9.48. The second-order valence-corrected chi connectivity index (χ2v) is 9.48. The van der Waals surface area contributed by atoms with Crippen molar-refractivity contribution in [2.75, 3.05) is 11.9 Å². The van der Waals surface area contributed by atoms with Gasteiger partial charge in [0.15, 0.2) is 0 Å². The van der Waals surface area contributed by atoms with Gasteiger partial charge < -0.3 is 4.90 Å². The average Bonchev–Trinajstić information content (AvgIpc) is 3.02. The van der Waals surface area contributed by atoms with Gasteiger partial charge in [-0.3, -0.25) is 0 Å². The van der Waals surface area contributed by atoms with Crippen molar-refractivity contribution < 1.29 is 0 Å². The van der Waals surface area contributed by atoms with Crippen LogP contribution in [0.3, 0.4) is 0 Å². The van der Waals surface area contributed by atoms with E-state index < -0.39 is 0 Å². The zero-order chi connectivity index (χ0) is 25.7. The molecule has 1 nitrogen and oxygen atoms in total. The van der Waals surface area contributed by atoms with E-state index in [1.54, 1.807) is 0 Å². The molecule has 0 saturated carbocycles. The molecule has 0 bridgehead atoms. The number of nitrogens with zero attached hydrogens (tertiary/aromatic N) is 1. The Morgan fingerprint density at radius 1 is 0.342 bits per heavy atom. The Labute approximate surface area is 225 Å². The molecule has 0 aromatic heterocycles. The standard InChI is InChI=1S/C37H29N/c1-38(37-20-12-11-19-35(37)31-17-9-4-10-18-31)33-25-26-34(30-15-7-3-8-16-30)36(27-33)32-23-21-29(22-24-32)28-13-5-2-6-14-28/h2-27H,1H3. The predicted octanol–water partition coefficient (Wildman–Crippen LogP) is 10.1. The normalized spacial score (nSPS) is 10.8. The van der Waals surface area contributed by atoms with Gasteiger partial charge in [-0.05, 0) is 57.1 Å². The topological polar surface area (TPSA) is 3.24 Å². The third kappa shape index (κ3) is 4.75. The number of para-hydroxylation sites is 1. The minimum absolute atomic E-state index is 1.15. The Morgan fingerprint density at radius 2 is 0.789 bits per heavy atom. The first kappa shape index (κ1) is 23.5. The lowest BCUT2D eigenvalue weighted by Crippen LogP contribution is -2.11. The van der Waals surface area contributed by atoms with Gasteiger partial charge in [0.05, 0.1) is 0 Å². The lowest BCUT2D eigenvalue weighted by atomic mass is 9.92. The highest BCUT2D eigenvalue weighted by atomic mass is 15.1. The van der Waals surface area contributed by atoms with Gasteiger partial charge in [-0.2, -0.15) is 0 Å². The molecule has 0 unspecified atom stereocenters. The summed E-state index contributed by atoms with van der Waals surface area (Å²) in [6.07, 6.45) is 0. The first-order valence-electron chi connectivity index (χ1n) is 13.0. The van der Waals surface area contributed by atoms with E-state index in [9.17, 15) is 0 Å². The lowest BCUT2D eigenvalue weighted by Gasteiger charge is -2.24. The maximum Gasteiger partial charge on any atom is 0.0487 e. The first-order valence-corrected chi connectivity index (χ1v) is 13.0. The highest BCUT2D eigenvalue weighted by Gasteiger charge is 2.14. The zero-order valence-corrected chi connectivity index (χ0v) is 21.5. The Bertz CT molecular complexity index is 1640. The van der Waals surface area contributed by atoms with Crippen LogP contribution in [0.2, 0.25) is 0 Å². The SMILES string of the molecule is CN(c1ccc(-c2ccccc2)c(-c2ccc(-c3ccccc3)cc2)c1)c1ccccc1-c1ccccc1. The molecular weight excluding hydrogens is 458 g/mol. The largest absolute Gasteiger partial charge is 0.344 e. The number of rotatable bonds is 6. The van der Waals surface area contributed by atoms with Crippen LogP contribution in [0, 0.1) is 0 Å². The number of hydrogen-bond acceptors (Lipinski definition) is 1. The molecule has 38 heavy (non-hydrogen) atoms. The molecule has 1 heteroatoms. The molecule has 6 rings (SSSR count). The quantitative estimate of drug-likeness (QED) is 0.226. The van der Waals surface area contributed by atoms with Crippen molar-refractivity contribution in [3.8, 4) is 44.5 Å². The molecule has 0 N–H and O–H groups in total. The fraction of sp³-hybridized carbons (Fsp3) is 0.0270. The van der Waals surface area contributed by atoms with Crippen molar-refractivity contribution in [3.05, 3.63) is 158 Å². The summed E-state index contributed by atoms with van der Waals surface area (Å²) in [7, 11) is 2.15. The van der Waals surface area contributed by atoms with E-state index in [0.717, 1.165) is 5.69 Å². The Morgan fingerprint density at radius 3 is 1.42 bits per heavy atom. The van der Waals surface area contributed by atoms with Crippen molar-refractivity contribution in [1.82, 2.24) is 0 Å². The molecule has 6 aromatic rings. The smallest absolute Gasteiger partial charge is 0.0487 e. The fourth-order valence-corrected chi connectivity index (χ4v) is 5.09. The minimum Gasteiger partial charge on any atom is -0.344 e. The fourth-order valence-electron chi connectivity index (χ4n) is 5.09. The summed E-state index contributed by atoms with van der Waals surface area (Å²) in [6, 6.07) is 56.1. The molecule has 0 atom stereocenters. The summed E-state index contributed by atoms with van der Waals surface area (Å²) in [5.41, 5.74) is 12.1. The van der Waals surface area contributed by atoms with Gasteiger partial charge in [-0.25, -0.2) is 0 Å². The molecule has 0 aliphatic heterocycles. The van der Waals surface area contributed by atoms with Gasteiger partial charge in [0.1, 0.15) is 0 Å². The molecule has 0 fully saturated rings. The number of hydrogen-bond donors (Lipinski definition) is 0. The van der Waals surface area contributed by atoms with Gasteiger partial charge in [-0.15, -0.1) is 0 Å². The van der Waals surface area contributed by atoms with E-state index in [0.29, 0.717) is 0 Å². The van der Waals surface area contributed by atoms with Gasteiger partial charge >= 0.3 is 0 Å². The van der Waals surface area contributed by atoms with Crippen molar-refractivity contribution in [3.63, 3.8) is 0 Å². The van der Waals surface area contributed by atoms with E-state index in [2.05, 4.69) is 170 Å². The van der Waals surface area contributed by atoms with Gasteiger partial charge in [0, 0.05) is 24.0 Å². The van der Waals surface area contributed by atoms with Gasteiger partial charge in [0.25, 0.3) is 0 Å². The molecule has 0 aliphatic rings. The Balaban J connectivity index is 1.45. The van der Waals surface area contributed by atoms with Crippen LogP contribution in [-0.2, 0) is 0 Å². The first-order chi connectivity index (χ1) is 18.8. The highest BCUT2D eigenvalue weighted by molar-refractivity contribution is 5.89. The Kier molecular flexibility index (Phi) is 6.57. The Hall–Kier alpha value is -4.88. The summed E-state index contributed by atoms with van der Waals surface area (Å²) >= 11 is 0. The van der Waals surface area contributed by atoms with E-state index in [1.165, 1.54) is 50.2 Å². The molecule has 0 spiro atoms. The molecule has 0 heterocycles. The van der Waals surface area contributed by atoms with Crippen molar-refractivity contribution in [2.45, 2.75) is 0 Å². The van der Waals surface area contributed by atoms with E-state index in [4.69, 9.17) is 0 Å². The number of benzene rings is 6. The van der Waals surface area contributed by atoms with Crippen LogP contribution in [0.15, 0.2) is 158 Å². The summed E-state index contributed by atoms with van der Waals surface area (Å²) in [5.74, 6) is 0. The van der Waals surface area contributed by atoms with Crippen LogP contribution in [0.25, 0.3) is 44.5 Å². The molecule has 0 aliphatic carbocycles. The predicted molar refractivity (Wildman–Crippen MR) is 163 cm³/mol. The van der Waals surface area contributed by atoms with Gasteiger partial charge in [0.2, 0.25) is 0 Å². The summed E-state index contributed by atoms with van der Waals surface area (Å²) in [6.45, 7) is 0. The molecule has 6 aromatic carbocycles. The minimum atomic E-state index is 1.15. The lowest BCUT2D eigenvalue weighted by molar-refractivity contribution is 1.21.